The lowest BCUT2D eigenvalue weighted by Gasteiger charge is -2.36. The minimum atomic E-state index is -0.110. The molecule has 1 N–H and O–H groups in total. The number of fused-ring (bicyclic) bond motifs is 1. The average Bonchev–Trinajstić information content (AvgIpc) is 2.83. The Hall–Kier alpha value is -3.31. The van der Waals surface area contributed by atoms with E-state index >= 15 is 0 Å². The molecule has 0 saturated carbocycles. The van der Waals surface area contributed by atoms with Crippen LogP contribution in [0.15, 0.2) is 78.9 Å². The van der Waals surface area contributed by atoms with Gasteiger partial charge in [0.1, 0.15) is 5.75 Å². The highest BCUT2D eigenvalue weighted by molar-refractivity contribution is 5.77. The lowest BCUT2D eigenvalue weighted by Crippen LogP contribution is -2.41. The SMILES string of the molecule is CN(C)c1ccc([C@H](CNC(=O)COc2ccccc2)N2CCc3ccccc3C2)cc1. The van der Waals surface area contributed by atoms with Gasteiger partial charge in [0.15, 0.2) is 6.61 Å². The first-order chi connectivity index (χ1) is 15.6. The van der Waals surface area contributed by atoms with Crippen molar-refractivity contribution in [2.45, 2.75) is 19.0 Å². The third kappa shape index (κ3) is 5.48. The fourth-order valence-corrected chi connectivity index (χ4v) is 4.16. The average molecular weight is 430 g/mol. The molecular formula is C27H31N3O2. The highest BCUT2D eigenvalue weighted by Crippen LogP contribution is 2.28. The zero-order valence-corrected chi connectivity index (χ0v) is 18.8. The number of benzene rings is 3. The van der Waals surface area contributed by atoms with Gasteiger partial charge in [-0.2, -0.15) is 0 Å². The van der Waals surface area contributed by atoms with E-state index in [2.05, 4.69) is 63.6 Å². The van der Waals surface area contributed by atoms with Gasteiger partial charge in [0, 0.05) is 39.4 Å². The number of carbonyl (C=O) groups is 1. The van der Waals surface area contributed by atoms with E-state index in [1.165, 1.54) is 16.7 Å². The molecule has 1 atom stereocenters. The molecule has 3 aromatic carbocycles. The zero-order chi connectivity index (χ0) is 22.3. The Morgan fingerprint density at radius 2 is 1.66 bits per heavy atom. The van der Waals surface area contributed by atoms with E-state index in [0.717, 1.165) is 25.2 Å². The van der Waals surface area contributed by atoms with Gasteiger partial charge in [-0.05, 0) is 47.4 Å². The molecule has 5 nitrogen and oxygen atoms in total. The number of amides is 1. The maximum atomic E-state index is 12.5. The summed E-state index contributed by atoms with van der Waals surface area (Å²) in [4.78, 5) is 17.1. The highest BCUT2D eigenvalue weighted by Gasteiger charge is 2.25. The first-order valence-corrected chi connectivity index (χ1v) is 11.1. The van der Waals surface area contributed by atoms with Crippen LogP contribution >= 0.6 is 0 Å². The molecule has 0 aliphatic carbocycles. The van der Waals surface area contributed by atoms with Gasteiger partial charge >= 0.3 is 0 Å². The summed E-state index contributed by atoms with van der Waals surface area (Å²) in [5, 5.41) is 3.09. The topological polar surface area (TPSA) is 44.8 Å². The minimum Gasteiger partial charge on any atom is -0.484 e. The van der Waals surface area contributed by atoms with E-state index in [1.807, 2.05) is 44.4 Å². The molecule has 0 bridgehead atoms. The molecule has 1 aliphatic rings. The Morgan fingerprint density at radius 3 is 2.38 bits per heavy atom. The molecule has 0 unspecified atom stereocenters. The van der Waals surface area contributed by atoms with E-state index in [9.17, 15) is 4.79 Å². The molecule has 0 radical (unpaired) electrons. The van der Waals surface area contributed by atoms with E-state index < -0.39 is 0 Å². The Labute approximate surface area is 190 Å². The van der Waals surface area contributed by atoms with Crippen LogP contribution in [0.25, 0.3) is 0 Å². The second kappa shape index (κ2) is 10.3. The van der Waals surface area contributed by atoms with Gasteiger partial charge in [-0.3, -0.25) is 9.69 Å². The predicted molar refractivity (Wildman–Crippen MR) is 129 cm³/mol. The van der Waals surface area contributed by atoms with E-state index in [1.54, 1.807) is 0 Å². The molecule has 1 aliphatic heterocycles. The molecule has 4 rings (SSSR count). The van der Waals surface area contributed by atoms with Crippen molar-refractivity contribution in [3.05, 3.63) is 95.6 Å². The van der Waals surface area contributed by atoms with Crippen LogP contribution < -0.4 is 15.0 Å². The maximum Gasteiger partial charge on any atom is 0.258 e. The van der Waals surface area contributed by atoms with Gasteiger partial charge in [-0.1, -0.05) is 54.6 Å². The van der Waals surface area contributed by atoms with Crippen molar-refractivity contribution in [2.24, 2.45) is 0 Å². The summed E-state index contributed by atoms with van der Waals surface area (Å²) in [6.45, 7) is 2.40. The molecule has 0 fully saturated rings. The molecule has 1 amide bonds. The summed E-state index contributed by atoms with van der Waals surface area (Å²) in [5.74, 6) is 0.590. The number of ether oxygens (including phenoxy) is 1. The number of nitrogens with zero attached hydrogens (tertiary/aromatic N) is 2. The second-order valence-electron chi connectivity index (χ2n) is 8.40. The van der Waals surface area contributed by atoms with E-state index in [-0.39, 0.29) is 18.6 Å². The van der Waals surface area contributed by atoms with Gasteiger partial charge in [0.2, 0.25) is 0 Å². The van der Waals surface area contributed by atoms with Crippen LogP contribution in [-0.4, -0.2) is 44.6 Å². The fraction of sp³-hybridized carbons (Fsp3) is 0.296. The number of hydrogen-bond donors (Lipinski definition) is 1. The molecule has 0 aromatic heterocycles. The summed E-state index contributed by atoms with van der Waals surface area (Å²) < 4.78 is 5.61. The molecule has 5 heteroatoms. The van der Waals surface area contributed by atoms with Crippen LogP contribution in [0.2, 0.25) is 0 Å². The molecule has 0 spiro atoms. The molecule has 32 heavy (non-hydrogen) atoms. The van der Waals surface area contributed by atoms with Crippen molar-refractivity contribution in [1.82, 2.24) is 10.2 Å². The standard InChI is InChI=1S/C27H31N3O2/c1-29(2)24-14-12-22(13-15-24)26(30-17-16-21-8-6-7-9-23(21)19-30)18-28-27(31)20-32-25-10-4-3-5-11-25/h3-15,26H,16-20H2,1-2H3,(H,28,31)/t26-/m0/s1. The van der Waals surface area contributed by atoms with Crippen molar-refractivity contribution in [3.8, 4) is 5.75 Å². The van der Waals surface area contributed by atoms with Crippen molar-refractivity contribution in [1.29, 1.82) is 0 Å². The van der Waals surface area contributed by atoms with Gasteiger partial charge in [-0.25, -0.2) is 0 Å². The Kier molecular flexibility index (Phi) is 7.07. The number of hydrogen-bond acceptors (Lipinski definition) is 4. The number of para-hydroxylation sites is 1. The van der Waals surface area contributed by atoms with Crippen LogP contribution in [0.3, 0.4) is 0 Å². The quantitative estimate of drug-likeness (QED) is 0.587. The lowest BCUT2D eigenvalue weighted by atomic mass is 9.96. The van der Waals surface area contributed by atoms with Gasteiger partial charge < -0.3 is 15.0 Å². The summed E-state index contributed by atoms with van der Waals surface area (Å²) in [6, 6.07) is 26.8. The third-order valence-corrected chi connectivity index (χ3v) is 6.00. The maximum absolute atomic E-state index is 12.5. The van der Waals surface area contributed by atoms with Crippen LogP contribution in [0.5, 0.6) is 5.75 Å². The highest BCUT2D eigenvalue weighted by atomic mass is 16.5. The normalized spacial score (nSPS) is 14.3. The summed E-state index contributed by atoms with van der Waals surface area (Å²) in [5.41, 5.74) is 5.16. The number of nitrogens with one attached hydrogen (secondary N) is 1. The Morgan fingerprint density at radius 1 is 0.969 bits per heavy atom. The lowest BCUT2D eigenvalue weighted by molar-refractivity contribution is -0.123. The van der Waals surface area contributed by atoms with Crippen LogP contribution in [0.1, 0.15) is 22.7 Å². The largest absolute Gasteiger partial charge is 0.484 e. The molecule has 3 aromatic rings. The van der Waals surface area contributed by atoms with E-state index in [4.69, 9.17) is 4.74 Å². The van der Waals surface area contributed by atoms with Gasteiger partial charge in [0.25, 0.3) is 5.91 Å². The molecule has 0 saturated heterocycles. The Balaban J connectivity index is 1.45. The summed E-state index contributed by atoms with van der Waals surface area (Å²) in [6.07, 6.45) is 1.02. The van der Waals surface area contributed by atoms with Crippen LogP contribution in [0, 0.1) is 0 Å². The number of carbonyl (C=O) groups excluding carboxylic acids is 1. The van der Waals surface area contributed by atoms with Crippen LogP contribution in [-0.2, 0) is 17.8 Å². The molecule has 166 valence electrons. The monoisotopic (exact) mass is 429 g/mol. The van der Waals surface area contributed by atoms with E-state index in [0.29, 0.717) is 12.3 Å². The first kappa shape index (κ1) is 21.9. The number of rotatable bonds is 8. The van der Waals surface area contributed by atoms with Gasteiger partial charge in [0.05, 0.1) is 6.04 Å². The third-order valence-electron chi connectivity index (χ3n) is 6.00. The molecule has 1 heterocycles. The van der Waals surface area contributed by atoms with Gasteiger partial charge in [-0.15, -0.1) is 0 Å². The summed E-state index contributed by atoms with van der Waals surface area (Å²) in [7, 11) is 4.09. The van der Waals surface area contributed by atoms with Crippen molar-refractivity contribution in [2.75, 3.05) is 38.7 Å². The smallest absolute Gasteiger partial charge is 0.258 e. The van der Waals surface area contributed by atoms with Crippen molar-refractivity contribution < 1.29 is 9.53 Å². The summed E-state index contributed by atoms with van der Waals surface area (Å²) >= 11 is 0. The first-order valence-electron chi connectivity index (χ1n) is 11.1. The minimum absolute atomic E-state index is 0.0130. The molecular weight excluding hydrogens is 398 g/mol. The van der Waals surface area contributed by atoms with Crippen LogP contribution in [0.4, 0.5) is 5.69 Å². The zero-order valence-electron chi connectivity index (χ0n) is 18.8. The predicted octanol–water partition coefficient (Wildman–Crippen LogP) is 4.05. The second-order valence-corrected chi connectivity index (χ2v) is 8.40. The van der Waals surface area contributed by atoms with Crippen molar-refractivity contribution in [3.63, 3.8) is 0 Å². The fourth-order valence-electron chi connectivity index (χ4n) is 4.16. The number of anilines is 1. The van der Waals surface area contributed by atoms with Crippen molar-refractivity contribution >= 4 is 11.6 Å². The Bertz CT molecular complexity index is 1020.